The average Bonchev–Trinajstić information content (AvgIpc) is 2.22. The zero-order valence-corrected chi connectivity index (χ0v) is 17.9. The van der Waals surface area contributed by atoms with Gasteiger partial charge in [-0.1, -0.05) is 0 Å². The van der Waals surface area contributed by atoms with Crippen molar-refractivity contribution < 1.29 is 39.8 Å². The van der Waals surface area contributed by atoms with Crippen LogP contribution in [0.3, 0.4) is 0 Å². The molecular formula is C9H23ClF6NiP4-. The molecule has 0 fully saturated rings. The molecule has 0 rings (SSSR count). The number of hydrogen-bond acceptors (Lipinski definition) is 0. The van der Waals surface area contributed by atoms with Crippen molar-refractivity contribution in [1.82, 2.24) is 0 Å². The second-order valence-corrected chi connectivity index (χ2v) is 14.6. The number of rotatable bonds is 6. The molecule has 0 aliphatic rings. The van der Waals surface area contributed by atoms with Crippen LogP contribution in [0.4, 0.5) is 25.2 Å². The van der Waals surface area contributed by atoms with Gasteiger partial charge in [-0.05, 0) is 58.0 Å². The molecule has 0 nitrogen and oxygen atoms in total. The summed E-state index contributed by atoms with van der Waals surface area (Å²) in [5.41, 5.74) is 0. The predicted octanol–water partition coefficient (Wildman–Crippen LogP) is 7.65. The number of halogens is 7. The molecule has 0 amide bonds. The van der Waals surface area contributed by atoms with E-state index in [0.29, 0.717) is 23.8 Å². The SMILES string of the molecule is CP(C)CCP(C)CCP(C)C.F[P-](F)(F)(F)(F)F.[Cl][Ni]. The molecule has 0 aliphatic carbocycles. The minimum atomic E-state index is -10.7. The van der Waals surface area contributed by atoms with Crippen LogP contribution < -0.4 is 0 Å². The summed E-state index contributed by atoms with van der Waals surface area (Å²) in [5, 5.41) is 0. The third-order valence-electron chi connectivity index (χ3n) is 1.86. The second kappa shape index (κ2) is 10.8. The van der Waals surface area contributed by atoms with Crippen LogP contribution in [0.2, 0.25) is 0 Å². The van der Waals surface area contributed by atoms with Crippen molar-refractivity contribution in [2.75, 3.05) is 58.0 Å². The van der Waals surface area contributed by atoms with E-state index in [-0.39, 0.29) is 0 Å². The molecule has 0 heterocycles. The van der Waals surface area contributed by atoms with E-state index in [1.165, 1.54) is 24.6 Å². The third kappa shape index (κ3) is 61.0. The van der Waals surface area contributed by atoms with Crippen LogP contribution in [0.1, 0.15) is 0 Å². The van der Waals surface area contributed by atoms with Gasteiger partial charge in [-0.25, -0.2) is 0 Å². The molecule has 0 saturated heterocycles. The summed E-state index contributed by atoms with van der Waals surface area (Å²) in [4.78, 5) is 0. The van der Waals surface area contributed by atoms with Gasteiger partial charge in [0.15, 0.2) is 0 Å². The molecule has 0 bridgehead atoms. The molecule has 0 saturated carbocycles. The van der Waals surface area contributed by atoms with Crippen LogP contribution >= 0.6 is 41.8 Å². The van der Waals surface area contributed by atoms with E-state index in [2.05, 4.69) is 58.1 Å². The van der Waals surface area contributed by atoms with Crippen LogP contribution in [0.5, 0.6) is 0 Å². The molecule has 139 valence electrons. The van der Waals surface area contributed by atoms with Crippen molar-refractivity contribution in [1.29, 1.82) is 0 Å². The Morgan fingerprint density at radius 3 is 1.00 bits per heavy atom. The molecule has 21 heavy (non-hydrogen) atoms. The first-order chi connectivity index (χ1) is 8.97. The Labute approximate surface area is 139 Å². The molecule has 0 aromatic rings. The Morgan fingerprint density at radius 1 is 0.667 bits per heavy atom. The summed E-state index contributed by atoms with van der Waals surface area (Å²) in [7, 11) is -5.28. The van der Waals surface area contributed by atoms with E-state index in [1.54, 1.807) is 0 Å². The second-order valence-electron chi connectivity index (χ2n) is 4.87. The van der Waals surface area contributed by atoms with Crippen LogP contribution in [0, 0.1) is 0 Å². The van der Waals surface area contributed by atoms with Crippen molar-refractivity contribution in [3.05, 3.63) is 0 Å². The van der Waals surface area contributed by atoms with Crippen molar-refractivity contribution in [2.24, 2.45) is 0 Å². The molecule has 0 radical (unpaired) electrons. The molecule has 0 unspecified atom stereocenters. The van der Waals surface area contributed by atoms with Crippen molar-refractivity contribution in [3.63, 3.8) is 0 Å². The Hall–Kier alpha value is 2.08. The Kier molecular flexibility index (Phi) is 14.4. The van der Waals surface area contributed by atoms with Gasteiger partial charge in [-0.15, -0.1) is 23.8 Å². The zero-order chi connectivity index (χ0) is 18.0. The summed E-state index contributed by atoms with van der Waals surface area (Å²) in [6.07, 6.45) is 6.06. The Balaban J connectivity index is -0.000000307. The fraction of sp³-hybridized carbons (Fsp3) is 1.00. The van der Waals surface area contributed by atoms with Crippen LogP contribution in [0.25, 0.3) is 0 Å². The summed E-state index contributed by atoms with van der Waals surface area (Å²) in [5.74, 6) is 0. The molecular weight excluding hydrogens is 440 g/mol. The summed E-state index contributed by atoms with van der Waals surface area (Å²) >= 11 is 3.35. The quantitative estimate of drug-likeness (QED) is 0.216. The van der Waals surface area contributed by atoms with Gasteiger partial charge in [-0.3, -0.25) is 0 Å². The van der Waals surface area contributed by atoms with E-state index >= 15 is 0 Å². The Bertz CT molecular complexity index is 235. The van der Waals surface area contributed by atoms with Gasteiger partial charge in [0.2, 0.25) is 0 Å². The van der Waals surface area contributed by atoms with Gasteiger partial charge in [-0.2, -0.15) is 0 Å². The first-order valence-corrected chi connectivity index (χ1v) is 16.0. The maximum absolute atomic E-state index is 10.7. The van der Waals surface area contributed by atoms with Gasteiger partial charge >= 0.3 is 57.8 Å². The van der Waals surface area contributed by atoms with E-state index in [1.807, 2.05) is 0 Å². The minimum absolute atomic E-state index is 0.362. The topological polar surface area (TPSA) is 0 Å². The van der Waals surface area contributed by atoms with Gasteiger partial charge < -0.3 is 0 Å². The fourth-order valence-electron chi connectivity index (χ4n) is 0.853. The van der Waals surface area contributed by atoms with Gasteiger partial charge in [0.1, 0.15) is 0 Å². The van der Waals surface area contributed by atoms with Gasteiger partial charge in [0, 0.05) is 0 Å². The molecule has 0 aromatic carbocycles. The molecule has 0 spiro atoms. The molecule has 0 aromatic heterocycles. The van der Waals surface area contributed by atoms with E-state index < -0.39 is 7.81 Å². The standard InChI is InChI=1S/C9H23P3.ClH.F6P.Ni/c1-10(2)6-8-12(5)9-7-11(3)4;;1-7(2,3,4,5)6;/h6-9H2,1-5H3;1H;;/q;;-1;+1/p-1. The van der Waals surface area contributed by atoms with Crippen LogP contribution in [-0.4, -0.2) is 58.0 Å². The van der Waals surface area contributed by atoms with Crippen LogP contribution in [0.15, 0.2) is 0 Å². The fourth-order valence-corrected chi connectivity index (χ4v) is 7.01. The number of hydrogen-bond donors (Lipinski definition) is 0. The molecule has 12 heteroatoms. The van der Waals surface area contributed by atoms with Crippen LogP contribution in [-0.2, 0) is 14.6 Å². The zero-order valence-electron chi connectivity index (χ0n) is 12.6. The third-order valence-corrected chi connectivity index (χ3v) is 6.77. The summed E-state index contributed by atoms with van der Waals surface area (Å²) in [6, 6.07) is 0. The van der Waals surface area contributed by atoms with Gasteiger partial charge in [0.05, 0.1) is 0 Å². The normalized spacial score (nSPS) is 14.9. The van der Waals surface area contributed by atoms with Crippen molar-refractivity contribution >= 4 is 41.8 Å². The van der Waals surface area contributed by atoms with Gasteiger partial charge in [0.25, 0.3) is 0 Å². The first-order valence-electron chi connectivity index (χ1n) is 5.63. The monoisotopic (exact) mass is 462 g/mol. The van der Waals surface area contributed by atoms with E-state index in [4.69, 9.17) is 0 Å². The van der Waals surface area contributed by atoms with E-state index in [0.717, 1.165) is 0 Å². The molecule has 0 aliphatic heterocycles. The molecule has 0 atom stereocenters. The predicted molar refractivity (Wildman–Crippen MR) is 89.3 cm³/mol. The summed E-state index contributed by atoms with van der Waals surface area (Å²) in [6.45, 7) is 12.1. The maximum atomic E-state index is 9.87. The summed E-state index contributed by atoms with van der Waals surface area (Å²) < 4.78 is 59.2. The van der Waals surface area contributed by atoms with Crippen molar-refractivity contribution in [2.45, 2.75) is 0 Å². The Morgan fingerprint density at radius 2 is 0.857 bits per heavy atom. The first kappa shape index (κ1) is 27.9. The van der Waals surface area contributed by atoms with Crippen molar-refractivity contribution in [3.8, 4) is 0 Å². The van der Waals surface area contributed by atoms with E-state index in [9.17, 15) is 25.2 Å². The molecule has 0 N–H and O–H groups in total. The average molecular weight is 463 g/mol.